The van der Waals surface area contributed by atoms with Crippen LogP contribution in [0.4, 0.5) is 14.6 Å². The molecule has 2 atom stereocenters. The number of methoxy groups -OCH3 is 1. The van der Waals surface area contributed by atoms with Crippen LogP contribution < -0.4 is 9.62 Å². The fourth-order valence-electron chi connectivity index (χ4n) is 4.22. The van der Waals surface area contributed by atoms with Gasteiger partial charge < -0.3 is 14.4 Å². The second-order valence-corrected chi connectivity index (χ2v) is 11.9. The van der Waals surface area contributed by atoms with Gasteiger partial charge in [0.05, 0.1) is 29.2 Å². The van der Waals surface area contributed by atoms with Crippen LogP contribution in [0.3, 0.4) is 0 Å². The van der Waals surface area contributed by atoms with Crippen molar-refractivity contribution in [2.75, 3.05) is 31.7 Å². The van der Waals surface area contributed by atoms with E-state index < -0.39 is 27.0 Å². The first kappa shape index (κ1) is 24.4. The molecule has 2 fully saturated rings. The fraction of sp³-hybridized carbons (Fsp3) is 0.571. The summed E-state index contributed by atoms with van der Waals surface area (Å²) in [6, 6.07) is 3.11. The molecule has 10 nitrogen and oxygen atoms in total. The summed E-state index contributed by atoms with van der Waals surface area (Å²) in [5, 5.41) is 7.21. The molecular weight excluding hydrogens is 502 g/mol. The second kappa shape index (κ2) is 9.00. The van der Waals surface area contributed by atoms with Gasteiger partial charge in [0.15, 0.2) is 10.0 Å². The van der Waals surface area contributed by atoms with Gasteiger partial charge >= 0.3 is 0 Å². The molecule has 0 radical (unpaired) electrons. The number of halogens is 2. The summed E-state index contributed by atoms with van der Waals surface area (Å²) in [5.41, 5.74) is 0.264. The average Bonchev–Trinajstić information content (AvgIpc) is 3.17. The van der Waals surface area contributed by atoms with Crippen molar-refractivity contribution >= 4 is 32.7 Å². The summed E-state index contributed by atoms with van der Waals surface area (Å²) in [6.07, 6.45) is -0.0104. The average molecular weight is 529 g/mol. The third-order valence-corrected chi connectivity index (χ3v) is 8.68. The van der Waals surface area contributed by atoms with Crippen LogP contribution in [0.5, 0.6) is 0 Å². The Balaban J connectivity index is 1.64. The molecule has 35 heavy (non-hydrogen) atoms. The van der Waals surface area contributed by atoms with Crippen molar-refractivity contribution in [3.63, 3.8) is 0 Å². The summed E-state index contributed by atoms with van der Waals surface area (Å²) in [6.45, 7) is 5.18. The molecule has 3 aromatic rings. The number of aromatic nitrogens is 4. The number of nitrogens with zero attached hydrogens (tertiary/aromatic N) is 5. The number of pyridine rings is 1. The van der Waals surface area contributed by atoms with E-state index in [0.717, 1.165) is 24.2 Å². The van der Waals surface area contributed by atoms with Gasteiger partial charge in [-0.1, -0.05) is 11.3 Å². The van der Waals surface area contributed by atoms with Gasteiger partial charge in [-0.15, -0.1) is 10.2 Å². The van der Waals surface area contributed by atoms with Gasteiger partial charge in [-0.2, -0.15) is 0 Å². The highest BCUT2D eigenvalue weighted by atomic mass is 32.2. The number of rotatable bonds is 8. The minimum absolute atomic E-state index is 0.0657. The van der Waals surface area contributed by atoms with Crippen molar-refractivity contribution < 1.29 is 26.7 Å². The number of hydrogen-bond acceptors (Lipinski definition) is 9. The Morgan fingerprint density at radius 3 is 2.74 bits per heavy atom. The number of sulfonamides is 1. The first-order chi connectivity index (χ1) is 16.6. The minimum atomic E-state index is -3.86. The van der Waals surface area contributed by atoms with E-state index in [-0.39, 0.29) is 22.1 Å². The highest BCUT2D eigenvalue weighted by Crippen LogP contribution is 2.38. The maximum atomic E-state index is 13.3. The second-order valence-electron chi connectivity index (χ2n) is 9.24. The van der Waals surface area contributed by atoms with Crippen molar-refractivity contribution in [2.24, 2.45) is 0 Å². The number of fused-ring (bicyclic) bond motifs is 1. The van der Waals surface area contributed by atoms with Crippen LogP contribution >= 0.6 is 11.3 Å². The van der Waals surface area contributed by atoms with Crippen LogP contribution in [0.1, 0.15) is 38.1 Å². The smallest absolute Gasteiger partial charge is 0.291 e. The van der Waals surface area contributed by atoms with Crippen molar-refractivity contribution in [1.29, 1.82) is 0 Å². The van der Waals surface area contributed by atoms with Gasteiger partial charge in [0.25, 0.3) is 6.43 Å². The monoisotopic (exact) mass is 528 g/mol. The van der Waals surface area contributed by atoms with Gasteiger partial charge in [-0.3, -0.25) is 4.40 Å². The molecule has 1 aliphatic carbocycles. The molecule has 5 rings (SSSR count). The van der Waals surface area contributed by atoms with E-state index in [1.807, 2.05) is 18.7 Å². The van der Waals surface area contributed by atoms with Gasteiger partial charge in [-0.25, -0.2) is 26.9 Å². The van der Waals surface area contributed by atoms with Crippen LogP contribution in [0.2, 0.25) is 0 Å². The molecule has 1 N–H and O–H groups in total. The van der Waals surface area contributed by atoms with Gasteiger partial charge in [0, 0.05) is 25.7 Å². The largest absolute Gasteiger partial charge is 0.382 e. The number of hydrogen-bond donors (Lipinski definition) is 1. The summed E-state index contributed by atoms with van der Waals surface area (Å²) in [7, 11) is -2.26. The molecular formula is C21H26F2N6O4S2. The van der Waals surface area contributed by atoms with Crippen molar-refractivity contribution in [2.45, 2.75) is 55.8 Å². The van der Waals surface area contributed by atoms with Crippen molar-refractivity contribution in [1.82, 2.24) is 24.3 Å². The van der Waals surface area contributed by atoms with Gasteiger partial charge in [0.2, 0.25) is 10.0 Å². The molecule has 1 aliphatic heterocycles. The highest BCUT2D eigenvalue weighted by molar-refractivity contribution is 7.89. The Morgan fingerprint density at radius 2 is 2.09 bits per heavy atom. The maximum Gasteiger partial charge on any atom is 0.291 e. The molecule has 0 spiro atoms. The molecule has 190 valence electrons. The molecule has 0 aromatic carbocycles. The summed E-state index contributed by atoms with van der Waals surface area (Å²) >= 11 is 0.732. The molecule has 2 aliphatic rings. The van der Waals surface area contributed by atoms with Crippen LogP contribution in [-0.2, 0) is 19.5 Å². The molecule has 14 heteroatoms. The van der Waals surface area contributed by atoms with Gasteiger partial charge in [-0.05, 0) is 38.8 Å². The van der Waals surface area contributed by atoms with Crippen molar-refractivity contribution in [3.8, 4) is 10.7 Å². The molecule has 0 unspecified atom stereocenters. The zero-order valence-electron chi connectivity index (χ0n) is 19.4. The predicted octanol–water partition coefficient (Wildman–Crippen LogP) is 2.86. The molecule has 1 saturated heterocycles. The quantitative estimate of drug-likeness (QED) is 0.475. The lowest BCUT2D eigenvalue weighted by atomic mass is 10.2. The van der Waals surface area contributed by atoms with E-state index in [1.165, 1.54) is 6.07 Å². The third-order valence-electron chi connectivity index (χ3n) is 6.13. The van der Waals surface area contributed by atoms with Crippen LogP contribution in [0.25, 0.3) is 16.2 Å². The van der Waals surface area contributed by atoms with E-state index in [1.54, 1.807) is 23.9 Å². The Hall–Kier alpha value is -2.26. The molecule has 3 aromatic heterocycles. The van der Waals surface area contributed by atoms with Crippen LogP contribution in [-0.4, -0.2) is 72.6 Å². The summed E-state index contributed by atoms with van der Waals surface area (Å²) in [5.74, 6) is 0.595. The minimum Gasteiger partial charge on any atom is -0.382 e. The lowest BCUT2D eigenvalue weighted by molar-refractivity contribution is -0.0513. The lowest BCUT2D eigenvalue weighted by Crippen LogP contribution is -2.49. The summed E-state index contributed by atoms with van der Waals surface area (Å²) in [4.78, 5) is 6.50. The summed E-state index contributed by atoms with van der Waals surface area (Å²) < 4.78 is 68.7. The molecule has 0 amide bonds. The number of morpholine rings is 1. The Morgan fingerprint density at radius 1 is 1.31 bits per heavy atom. The van der Waals surface area contributed by atoms with Crippen LogP contribution in [0.15, 0.2) is 23.4 Å². The zero-order chi connectivity index (χ0) is 25.0. The van der Waals surface area contributed by atoms with Crippen molar-refractivity contribution in [3.05, 3.63) is 23.5 Å². The number of imidazole rings is 1. The van der Waals surface area contributed by atoms with E-state index in [0.29, 0.717) is 36.7 Å². The number of ether oxygens (including phenoxy) is 2. The Labute approximate surface area is 205 Å². The van der Waals surface area contributed by atoms with Crippen LogP contribution in [0, 0.1) is 0 Å². The Bertz CT molecular complexity index is 1340. The first-order valence-corrected chi connectivity index (χ1v) is 13.4. The Kier molecular flexibility index (Phi) is 6.28. The van der Waals surface area contributed by atoms with E-state index in [9.17, 15) is 17.2 Å². The highest BCUT2D eigenvalue weighted by Gasteiger charge is 2.41. The SMILES string of the molecule is COC[C@H]1CN(c2cc(S(=O)(=O)NC3(C)CC3)cc3c(-c4nnc(C(F)F)s4)ncn23)C[C@H](C)O1. The number of anilines is 1. The predicted molar refractivity (Wildman–Crippen MR) is 125 cm³/mol. The molecule has 0 bridgehead atoms. The fourth-order valence-corrected chi connectivity index (χ4v) is 6.42. The maximum absolute atomic E-state index is 13.3. The standard InChI is InChI=1S/C21H26F2N6O4S2/c1-12-8-28(9-13(33-12)10-32-3)16-7-14(35(30,31)27-21(2)4-5-21)6-15-17(24-11-29(15)16)19-25-26-20(34-19)18(22)23/h6-7,11-13,18,27H,4-5,8-10H2,1-3H3/t12-,13+/m0/s1. The van der Waals surface area contributed by atoms with E-state index in [4.69, 9.17) is 9.47 Å². The lowest BCUT2D eigenvalue weighted by Gasteiger charge is -2.38. The van der Waals surface area contributed by atoms with E-state index in [2.05, 4.69) is 19.9 Å². The van der Waals surface area contributed by atoms with E-state index >= 15 is 0 Å². The third kappa shape index (κ3) is 4.89. The topological polar surface area (TPSA) is 111 Å². The zero-order valence-corrected chi connectivity index (χ0v) is 21.1. The number of nitrogens with one attached hydrogen (secondary N) is 1. The van der Waals surface area contributed by atoms with Gasteiger partial charge in [0.1, 0.15) is 17.8 Å². The number of alkyl halides is 2. The normalized spacial score (nSPS) is 22.3. The molecule has 1 saturated carbocycles. The molecule has 4 heterocycles. The first-order valence-electron chi connectivity index (χ1n) is 11.1.